The molecular formula is C56H94O3. The molecule has 0 aromatic heterocycles. The molecule has 0 saturated heterocycles. The van der Waals surface area contributed by atoms with Gasteiger partial charge in [-0.15, -0.1) is 0 Å². The molecule has 0 radical (unpaired) electrons. The van der Waals surface area contributed by atoms with Crippen LogP contribution < -0.4 is 0 Å². The number of fused-ring (bicyclic) bond motifs is 10. The Morgan fingerprint density at radius 3 is 1.80 bits per heavy atom. The standard InChI is InChI=1S/C29H48O2.C27H46O/c1-7-20(18(2)3)9-8-19(4)23-10-11-24-27-25(13-15-29(23,24)6)28(5)14-12-22(30)16-21(28)17-26(27)31;1-18(2)7-6-8-19(3)23-11-12-24-22-10-9-20-17-21(28)13-15-26(20,4)25(22)14-16-27(23,24)5/h17-20,22-25,27,30H,7-16H2,1-6H3;9,18-19,21-25,28H,6-8,10-17H2,1-5H3/t19-,20-,22+,23-,24+,25+,27+,28+,29-;19-,21+,22+,23-,24+,25+,26+,27-/m11/s1. The minimum atomic E-state index is -0.243. The van der Waals surface area contributed by atoms with Crippen LogP contribution in [0.1, 0.15) is 211 Å². The minimum absolute atomic E-state index is 0.0766. The van der Waals surface area contributed by atoms with Crippen molar-refractivity contribution < 1.29 is 15.0 Å². The first-order valence-corrected chi connectivity index (χ1v) is 26.2. The van der Waals surface area contributed by atoms with Gasteiger partial charge in [-0.05, 0) is 201 Å². The molecule has 6 fully saturated rings. The van der Waals surface area contributed by atoms with Gasteiger partial charge >= 0.3 is 0 Å². The van der Waals surface area contributed by atoms with Gasteiger partial charge in [-0.2, -0.15) is 0 Å². The van der Waals surface area contributed by atoms with E-state index in [0.29, 0.717) is 33.9 Å². The number of carbonyl (C=O) groups is 1. The van der Waals surface area contributed by atoms with E-state index in [1.54, 1.807) is 5.57 Å². The van der Waals surface area contributed by atoms with Gasteiger partial charge in [-0.1, -0.05) is 125 Å². The van der Waals surface area contributed by atoms with Crippen LogP contribution in [0, 0.1) is 98.6 Å². The van der Waals surface area contributed by atoms with Crippen LogP contribution in [0.15, 0.2) is 23.3 Å². The number of carbonyl (C=O) groups excluding carboxylic acids is 1. The third-order valence-electron chi connectivity index (χ3n) is 21.4. The predicted octanol–water partition coefficient (Wildman–Crippen LogP) is 14.6. The molecule has 3 nitrogen and oxygen atoms in total. The molecule has 0 heterocycles. The Balaban J connectivity index is 0.000000180. The van der Waals surface area contributed by atoms with E-state index in [9.17, 15) is 15.0 Å². The maximum Gasteiger partial charge on any atom is 0.159 e. The zero-order chi connectivity index (χ0) is 42.7. The van der Waals surface area contributed by atoms with Gasteiger partial charge in [-0.25, -0.2) is 0 Å². The quantitative estimate of drug-likeness (QED) is 0.204. The van der Waals surface area contributed by atoms with Crippen molar-refractivity contribution in [2.75, 3.05) is 0 Å². The van der Waals surface area contributed by atoms with Gasteiger partial charge in [0.1, 0.15) is 0 Å². The molecule has 17 atom stereocenters. The molecule has 0 unspecified atom stereocenters. The summed E-state index contributed by atoms with van der Waals surface area (Å²) in [6, 6.07) is 0. The van der Waals surface area contributed by atoms with Crippen molar-refractivity contribution in [3.05, 3.63) is 23.3 Å². The van der Waals surface area contributed by atoms with Crippen molar-refractivity contribution in [2.45, 2.75) is 223 Å². The zero-order valence-electron chi connectivity index (χ0n) is 40.5. The summed E-state index contributed by atoms with van der Waals surface area (Å²) in [5.74, 6) is 10.4. The highest BCUT2D eigenvalue weighted by Gasteiger charge is 2.62. The number of allylic oxidation sites excluding steroid dienone is 2. The van der Waals surface area contributed by atoms with E-state index in [0.717, 1.165) is 91.3 Å². The molecule has 2 N–H and O–H groups in total. The van der Waals surface area contributed by atoms with Crippen LogP contribution in [0.25, 0.3) is 0 Å². The fourth-order valence-corrected chi connectivity index (χ4v) is 17.7. The summed E-state index contributed by atoms with van der Waals surface area (Å²) in [6.45, 7) is 27.2. The normalized spacial score (nSPS) is 45.4. The maximum atomic E-state index is 13.5. The number of hydrogen-bond donors (Lipinski definition) is 2. The molecular weight excluding hydrogens is 721 g/mol. The van der Waals surface area contributed by atoms with Crippen LogP contribution in [0.3, 0.4) is 0 Å². The van der Waals surface area contributed by atoms with E-state index in [-0.39, 0.29) is 23.5 Å². The van der Waals surface area contributed by atoms with Crippen LogP contribution >= 0.6 is 0 Å². The second-order valence-corrected chi connectivity index (χ2v) is 25.0. The Morgan fingerprint density at radius 1 is 0.627 bits per heavy atom. The summed E-state index contributed by atoms with van der Waals surface area (Å²) in [7, 11) is 0. The molecule has 8 rings (SSSR count). The molecule has 59 heavy (non-hydrogen) atoms. The molecule has 0 aromatic rings. The molecule has 0 spiro atoms. The average molecular weight is 815 g/mol. The van der Waals surface area contributed by atoms with E-state index in [4.69, 9.17) is 0 Å². The van der Waals surface area contributed by atoms with Crippen LogP contribution in [-0.2, 0) is 4.79 Å². The highest BCUT2D eigenvalue weighted by molar-refractivity contribution is 5.94. The first kappa shape index (κ1) is 46.1. The molecule has 0 aliphatic heterocycles. The van der Waals surface area contributed by atoms with E-state index in [1.165, 1.54) is 108 Å². The number of rotatable bonds is 11. The Hall–Kier alpha value is -0.930. The fourth-order valence-electron chi connectivity index (χ4n) is 17.7. The van der Waals surface area contributed by atoms with Gasteiger partial charge in [0.15, 0.2) is 5.78 Å². The average Bonchev–Trinajstić information content (AvgIpc) is 3.73. The third-order valence-corrected chi connectivity index (χ3v) is 21.4. The maximum absolute atomic E-state index is 13.5. The van der Waals surface area contributed by atoms with Crippen molar-refractivity contribution in [3.8, 4) is 0 Å². The topological polar surface area (TPSA) is 57.5 Å². The monoisotopic (exact) mass is 815 g/mol. The van der Waals surface area contributed by atoms with Crippen molar-refractivity contribution >= 4 is 5.78 Å². The molecule has 3 heteroatoms. The third kappa shape index (κ3) is 8.46. The lowest BCUT2D eigenvalue weighted by Gasteiger charge is -2.58. The van der Waals surface area contributed by atoms with Crippen molar-refractivity contribution in [2.24, 2.45) is 98.6 Å². The lowest BCUT2D eigenvalue weighted by atomic mass is 9.46. The molecule has 8 aliphatic rings. The van der Waals surface area contributed by atoms with Gasteiger partial charge < -0.3 is 10.2 Å². The Morgan fingerprint density at radius 2 is 1.19 bits per heavy atom. The first-order chi connectivity index (χ1) is 27.9. The van der Waals surface area contributed by atoms with Gasteiger partial charge in [0.25, 0.3) is 0 Å². The van der Waals surface area contributed by atoms with Gasteiger partial charge in [-0.3, -0.25) is 4.79 Å². The highest BCUT2D eigenvalue weighted by Crippen LogP contribution is 2.69. The number of aliphatic hydroxyl groups excluding tert-OH is 2. The molecule has 0 bridgehead atoms. The molecule has 6 saturated carbocycles. The van der Waals surface area contributed by atoms with Crippen molar-refractivity contribution in [1.29, 1.82) is 0 Å². The number of aliphatic hydroxyl groups is 2. The van der Waals surface area contributed by atoms with Gasteiger partial charge in [0.2, 0.25) is 0 Å². The lowest BCUT2D eigenvalue weighted by Crippen LogP contribution is -2.53. The second-order valence-electron chi connectivity index (χ2n) is 25.0. The van der Waals surface area contributed by atoms with Crippen LogP contribution in [-0.4, -0.2) is 28.2 Å². The highest BCUT2D eigenvalue weighted by atomic mass is 16.3. The summed E-state index contributed by atoms with van der Waals surface area (Å²) in [5.41, 5.74) is 4.36. The van der Waals surface area contributed by atoms with E-state index in [2.05, 4.69) is 82.2 Å². The second kappa shape index (κ2) is 17.9. The number of hydrogen-bond acceptors (Lipinski definition) is 3. The minimum Gasteiger partial charge on any atom is -0.393 e. The van der Waals surface area contributed by atoms with Crippen LogP contribution in [0.2, 0.25) is 0 Å². The van der Waals surface area contributed by atoms with E-state index < -0.39 is 0 Å². The summed E-state index contributed by atoms with van der Waals surface area (Å²) < 4.78 is 0. The van der Waals surface area contributed by atoms with Crippen molar-refractivity contribution in [1.82, 2.24) is 0 Å². The van der Waals surface area contributed by atoms with Gasteiger partial charge in [0.05, 0.1) is 12.2 Å². The van der Waals surface area contributed by atoms with Crippen LogP contribution in [0.4, 0.5) is 0 Å². The van der Waals surface area contributed by atoms with E-state index >= 15 is 0 Å². The Bertz CT molecular complexity index is 1520. The summed E-state index contributed by atoms with van der Waals surface area (Å²) in [4.78, 5) is 13.5. The molecule has 336 valence electrons. The van der Waals surface area contributed by atoms with E-state index in [1.807, 2.05) is 6.08 Å². The number of ketones is 1. The Labute approximate surface area is 364 Å². The summed E-state index contributed by atoms with van der Waals surface area (Å²) in [6.07, 6.45) is 30.7. The lowest BCUT2D eigenvalue weighted by molar-refractivity contribution is -0.135. The fraction of sp³-hybridized carbons (Fsp3) is 0.911. The smallest absolute Gasteiger partial charge is 0.159 e. The van der Waals surface area contributed by atoms with Crippen molar-refractivity contribution in [3.63, 3.8) is 0 Å². The summed E-state index contributed by atoms with van der Waals surface area (Å²) in [5, 5.41) is 20.4. The summed E-state index contributed by atoms with van der Waals surface area (Å²) >= 11 is 0. The molecule has 0 amide bonds. The predicted molar refractivity (Wildman–Crippen MR) is 248 cm³/mol. The molecule has 0 aromatic carbocycles. The Kier molecular flexibility index (Phi) is 14.0. The molecule has 8 aliphatic carbocycles. The van der Waals surface area contributed by atoms with Crippen LogP contribution in [0.5, 0.6) is 0 Å². The largest absolute Gasteiger partial charge is 0.393 e. The zero-order valence-corrected chi connectivity index (χ0v) is 40.5. The first-order valence-electron chi connectivity index (χ1n) is 26.2. The van der Waals surface area contributed by atoms with Gasteiger partial charge in [0, 0.05) is 5.92 Å². The SMILES string of the molecule is CC(C)CCC[C@@H](C)[C@H]1CC[C@H]2[C@@H]3CC=C4C[C@@H](O)CC[C@]4(C)[C@H]3CC[C@]12C.CC[C@H](CC[C@@H](C)[C@H]1CC[C@H]2[C@@H]3C(=O)C=C4C[C@@H](O)CC[C@]4(C)[C@H]3CC[C@]12C)C(C)C.